The fraction of sp³-hybridized carbons (Fsp3) is 0.455. The SMILES string of the molecule is CN(C)c1ccc(NC2COC2)cc1. The average molecular weight is 192 g/mol. The van der Waals surface area contributed by atoms with Crippen molar-refractivity contribution in [3.05, 3.63) is 24.3 Å². The highest BCUT2D eigenvalue weighted by Crippen LogP contribution is 2.17. The van der Waals surface area contributed by atoms with Gasteiger partial charge in [-0.3, -0.25) is 0 Å². The summed E-state index contributed by atoms with van der Waals surface area (Å²) in [7, 11) is 4.09. The standard InChI is InChI=1S/C11H16N2O/c1-13(2)11-5-3-9(4-6-11)12-10-7-14-8-10/h3-6,10,12H,7-8H2,1-2H3. The van der Waals surface area contributed by atoms with Crippen molar-refractivity contribution >= 4 is 11.4 Å². The second-order valence-electron chi connectivity index (χ2n) is 3.82. The van der Waals surface area contributed by atoms with Crippen LogP contribution in [0.25, 0.3) is 0 Å². The first-order chi connectivity index (χ1) is 6.75. The molecular weight excluding hydrogens is 176 g/mol. The summed E-state index contributed by atoms with van der Waals surface area (Å²) in [4.78, 5) is 2.09. The van der Waals surface area contributed by atoms with Crippen molar-refractivity contribution < 1.29 is 4.74 Å². The lowest BCUT2D eigenvalue weighted by Crippen LogP contribution is -2.40. The molecule has 0 radical (unpaired) electrons. The molecule has 0 spiro atoms. The zero-order valence-corrected chi connectivity index (χ0v) is 8.66. The van der Waals surface area contributed by atoms with Gasteiger partial charge in [0.25, 0.3) is 0 Å². The highest BCUT2D eigenvalue weighted by atomic mass is 16.5. The molecule has 1 heterocycles. The largest absolute Gasteiger partial charge is 0.378 e. The van der Waals surface area contributed by atoms with E-state index in [1.807, 2.05) is 14.1 Å². The summed E-state index contributed by atoms with van der Waals surface area (Å²) in [6.45, 7) is 1.66. The van der Waals surface area contributed by atoms with E-state index in [2.05, 4.69) is 34.5 Å². The van der Waals surface area contributed by atoms with Crippen molar-refractivity contribution in [1.29, 1.82) is 0 Å². The van der Waals surface area contributed by atoms with Gasteiger partial charge in [-0.15, -0.1) is 0 Å². The maximum absolute atomic E-state index is 5.10. The van der Waals surface area contributed by atoms with Crippen molar-refractivity contribution in [2.75, 3.05) is 37.5 Å². The number of hydrogen-bond acceptors (Lipinski definition) is 3. The highest BCUT2D eigenvalue weighted by Gasteiger charge is 2.17. The second-order valence-corrected chi connectivity index (χ2v) is 3.82. The predicted octanol–water partition coefficient (Wildman–Crippen LogP) is 1.56. The molecule has 2 rings (SSSR count). The molecule has 0 saturated carbocycles. The van der Waals surface area contributed by atoms with Crippen LogP contribution in [0.3, 0.4) is 0 Å². The zero-order valence-electron chi connectivity index (χ0n) is 8.66. The lowest BCUT2D eigenvalue weighted by atomic mass is 10.2. The van der Waals surface area contributed by atoms with Crippen molar-refractivity contribution in [3.63, 3.8) is 0 Å². The summed E-state index contributed by atoms with van der Waals surface area (Å²) in [6.07, 6.45) is 0. The number of nitrogens with zero attached hydrogens (tertiary/aromatic N) is 1. The van der Waals surface area contributed by atoms with Crippen LogP contribution in [-0.4, -0.2) is 33.4 Å². The van der Waals surface area contributed by atoms with Gasteiger partial charge in [0.05, 0.1) is 19.3 Å². The van der Waals surface area contributed by atoms with Gasteiger partial charge in [0.15, 0.2) is 0 Å². The van der Waals surface area contributed by atoms with Crippen LogP contribution >= 0.6 is 0 Å². The Morgan fingerprint density at radius 1 is 1.21 bits per heavy atom. The van der Waals surface area contributed by atoms with Crippen molar-refractivity contribution in [1.82, 2.24) is 0 Å². The van der Waals surface area contributed by atoms with Crippen molar-refractivity contribution in [2.24, 2.45) is 0 Å². The van der Waals surface area contributed by atoms with Crippen LogP contribution in [0.1, 0.15) is 0 Å². The van der Waals surface area contributed by atoms with Gasteiger partial charge in [-0.25, -0.2) is 0 Å². The minimum Gasteiger partial charge on any atom is -0.378 e. The molecule has 1 aliphatic heterocycles. The summed E-state index contributed by atoms with van der Waals surface area (Å²) >= 11 is 0. The van der Waals surface area contributed by atoms with E-state index in [0.717, 1.165) is 13.2 Å². The summed E-state index contributed by atoms with van der Waals surface area (Å²) in [5, 5.41) is 3.40. The Bertz CT molecular complexity index is 291. The fourth-order valence-corrected chi connectivity index (χ4v) is 1.41. The molecule has 14 heavy (non-hydrogen) atoms. The third-order valence-corrected chi connectivity index (χ3v) is 2.39. The average Bonchev–Trinajstić information content (AvgIpc) is 2.12. The van der Waals surface area contributed by atoms with E-state index < -0.39 is 0 Å². The molecule has 0 amide bonds. The Morgan fingerprint density at radius 2 is 1.86 bits per heavy atom. The zero-order chi connectivity index (χ0) is 9.97. The molecule has 0 unspecified atom stereocenters. The summed E-state index contributed by atoms with van der Waals surface area (Å²) in [5.74, 6) is 0. The Kier molecular flexibility index (Phi) is 2.59. The van der Waals surface area contributed by atoms with Gasteiger partial charge in [-0.05, 0) is 24.3 Å². The van der Waals surface area contributed by atoms with Crippen molar-refractivity contribution in [3.8, 4) is 0 Å². The number of nitrogens with one attached hydrogen (secondary N) is 1. The minimum atomic E-state index is 0.500. The predicted molar refractivity (Wildman–Crippen MR) is 59.0 cm³/mol. The number of anilines is 2. The summed E-state index contributed by atoms with van der Waals surface area (Å²) in [6, 6.07) is 8.94. The Morgan fingerprint density at radius 3 is 2.29 bits per heavy atom. The number of rotatable bonds is 3. The van der Waals surface area contributed by atoms with E-state index in [1.54, 1.807) is 0 Å². The van der Waals surface area contributed by atoms with Gasteiger partial charge in [0.1, 0.15) is 0 Å². The molecule has 1 fully saturated rings. The smallest absolute Gasteiger partial charge is 0.0728 e. The molecule has 0 atom stereocenters. The molecule has 0 aliphatic carbocycles. The quantitative estimate of drug-likeness (QED) is 0.786. The van der Waals surface area contributed by atoms with Gasteiger partial charge in [-0.2, -0.15) is 0 Å². The van der Waals surface area contributed by atoms with Crippen LogP contribution in [-0.2, 0) is 4.74 Å². The fourth-order valence-electron chi connectivity index (χ4n) is 1.41. The topological polar surface area (TPSA) is 24.5 Å². The van der Waals surface area contributed by atoms with Gasteiger partial charge in [0.2, 0.25) is 0 Å². The van der Waals surface area contributed by atoms with Crippen LogP contribution in [0.4, 0.5) is 11.4 Å². The molecular formula is C11H16N2O. The van der Waals surface area contributed by atoms with E-state index >= 15 is 0 Å². The summed E-state index contributed by atoms with van der Waals surface area (Å²) in [5.41, 5.74) is 2.39. The van der Waals surface area contributed by atoms with Gasteiger partial charge in [0, 0.05) is 25.5 Å². The molecule has 1 aromatic rings. The Hall–Kier alpha value is -1.22. The van der Waals surface area contributed by atoms with Gasteiger partial charge >= 0.3 is 0 Å². The molecule has 1 aliphatic rings. The number of ether oxygens (including phenoxy) is 1. The molecule has 3 heteroatoms. The third kappa shape index (κ3) is 1.99. The highest BCUT2D eigenvalue weighted by molar-refractivity contribution is 5.54. The number of benzene rings is 1. The molecule has 1 saturated heterocycles. The molecule has 0 bridgehead atoms. The third-order valence-electron chi connectivity index (χ3n) is 2.39. The Balaban J connectivity index is 1.98. The lowest BCUT2D eigenvalue weighted by molar-refractivity contribution is 0.0211. The normalized spacial score (nSPS) is 16.1. The Labute approximate surface area is 84.7 Å². The van der Waals surface area contributed by atoms with Gasteiger partial charge in [-0.1, -0.05) is 0 Å². The van der Waals surface area contributed by atoms with Gasteiger partial charge < -0.3 is 15.0 Å². The van der Waals surface area contributed by atoms with Crippen molar-refractivity contribution in [2.45, 2.75) is 6.04 Å². The van der Waals surface area contributed by atoms with Crippen LogP contribution in [0.5, 0.6) is 0 Å². The molecule has 1 N–H and O–H groups in total. The van der Waals surface area contributed by atoms with Crippen LogP contribution in [0.2, 0.25) is 0 Å². The first-order valence-electron chi connectivity index (χ1n) is 4.87. The van der Waals surface area contributed by atoms with E-state index in [1.165, 1.54) is 11.4 Å². The molecule has 76 valence electrons. The maximum Gasteiger partial charge on any atom is 0.0728 e. The minimum absolute atomic E-state index is 0.500. The summed E-state index contributed by atoms with van der Waals surface area (Å²) < 4.78 is 5.10. The number of hydrogen-bond donors (Lipinski definition) is 1. The molecule has 0 aromatic heterocycles. The van der Waals surface area contributed by atoms with E-state index in [4.69, 9.17) is 4.74 Å². The van der Waals surface area contributed by atoms with E-state index in [0.29, 0.717) is 6.04 Å². The monoisotopic (exact) mass is 192 g/mol. The first-order valence-corrected chi connectivity index (χ1v) is 4.87. The van der Waals surface area contributed by atoms with Crippen LogP contribution < -0.4 is 10.2 Å². The van der Waals surface area contributed by atoms with Crippen LogP contribution in [0, 0.1) is 0 Å². The van der Waals surface area contributed by atoms with Crippen LogP contribution in [0.15, 0.2) is 24.3 Å². The maximum atomic E-state index is 5.10. The first kappa shape index (κ1) is 9.34. The second kappa shape index (κ2) is 3.88. The van der Waals surface area contributed by atoms with E-state index in [-0.39, 0.29) is 0 Å². The molecule has 3 nitrogen and oxygen atoms in total. The molecule has 1 aromatic carbocycles. The van der Waals surface area contributed by atoms with E-state index in [9.17, 15) is 0 Å². The lowest BCUT2D eigenvalue weighted by Gasteiger charge is -2.28.